The van der Waals surface area contributed by atoms with Gasteiger partial charge in [0.1, 0.15) is 5.78 Å². The minimum absolute atomic E-state index is 0.237. The molecule has 0 amide bonds. The number of hydrogen-bond acceptors (Lipinski definition) is 1. The second-order valence-electron chi connectivity index (χ2n) is 6.31. The number of carbonyl (C=O) groups excluding carboxylic acids is 1. The average molecular weight is 272 g/mol. The first-order valence-electron chi connectivity index (χ1n) is 6.88. The molecule has 0 heterocycles. The molecule has 0 spiro atoms. The van der Waals surface area contributed by atoms with Crippen LogP contribution in [0.15, 0.2) is 30.3 Å². The summed E-state index contributed by atoms with van der Waals surface area (Å²) in [7, 11) is -1.08. The molecule has 1 aromatic carbocycles. The Morgan fingerprint density at radius 2 is 1.79 bits per heavy atom. The molecule has 0 aliphatic carbocycles. The molecular weight excluding hydrogens is 248 g/mol. The summed E-state index contributed by atoms with van der Waals surface area (Å²) in [5.41, 5.74) is 1.22. The highest BCUT2D eigenvalue weighted by atomic mass is 28.3. The fraction of sp³-hybridized carbons (Fsp3) is 0.471. The van der Waals surface area contributed by atoms with E-state index >= 15 is 0 Å². The van der Waals surface area contributed by atoms with E-state index in [-0.39, 0.29) is 11.7 Å². The van der Waals surface area contributed by atoms with E-state index < -0.39 is 8.07 Å². The van der Waals surface area contributed by atoms with Gasteiger partial charge in [0.05, 0.1) is 8.07 Å². The lowest BCUT2D eigenvalue weighted by Crippen LogP contribution is -2.17. The second-order valence-corrected chi connectivity index (χ2v) is 11.8. The zero-order valence-electron chi connectivity index (χ0n) is 12.5. The molecule has 19 heavy (non-hydrogen) atoms. The fourth-order valence-corrected chi connectivity index (χ4v) is 2.56. The van der Waals surface area contributed by atoms with Crippen LogP contribution in [-0.4, -0.2) is 13.9 Å². The summed E-state index contributed by atoms with van der Waals surface area (Å²) in [6.07, 6.45) is 1.37. The van der Waals surface area contributed by atoms with Crippen LogP contribution in [0, 0.1) is 11.8 Å². The van der Waals surface area contributed by atoms with E-state index in [1.165, 1.54) is 5.56 Å². The van der Waals surface area contributed by atoms with Crippen LogP contribution in [-0.2, 0) is 4.79 Å². The van der Waals surface area contributed by atoms with Crippen molar-refractivity contribution in [2.24, 2.45) is 0 Å². The summed E-state index contributed by atoms with van der Waals surface area (Å²) in [5.74, 6) is 7.06. The summed E-state index contributed by atoms with van der Waals surface area (Å²) < 4.78 is 0. The number of benzene rings is 1. The number of hydrogen-bond donors (Lipinski definition) is 0. The van der Waals surface area contributed by atoms with Crippen LogP contribution >= 0.6 is 0 Å². The van der Waals surface area contributed by atoms with Gasteiger partial charge in [-0.1, -0.05) is 50.0 Å². The maximum absolute atomic E-state index is 11.4. The average Bonchev–Trinajstić information content (AvgIpc) is 2.32. The Labute approximate surface area is 118 Å². The Balaban J connectivity index is 2.69. The number of ketones is 1. The van der Waals surface area contributed by atoms with Crippen molar-refractivity contribution in [2.45, 2.75) is 51.4 Å². The molecule has 0 aliphatic heterocycles. The predicted octanol–water partition coefficient (Wildman–Crippen LogP) is 4.48. The smallest absolute Gasteiger partial charge is 0.130 e. The van der Waals surface area contributed by atoms with Crippen molar-refractivity contribution in [2.75, 3.05) is 0 Å². The van der Waals surface area contributed by atoms with Crippen molar-refractivity contribution in [1.29, 1.82) is 0 Å². The zero-order valence-corrected chi connectivity index (χ0v) is 13.5. The molecule has 1 rings (SSSR count). The van der Waals surface area contributed by atoms with Gasteiger partial charge >= 0.3 is 0 Å². The maximum atomic E-state index is 11.4. The van der Waals surface area contributed by atoms with Crippen LogP contribution in [0.2, 0.25) is 25.7 Å². The minimum atomic E-state index is -1.08. The van der Waals surface area contributed by atoms with Gasteiger partial charge in [-0.25, -0.2) is 0 Å². The van der Waals surface area contributed by atoms with Gasteiger partial charge in [-0.2, -0.15) is 0 Å². The predicted molar refractivity (Wildman–Crippen MR) is 85.0 cm³/mol. The van der Waals surface area contributed by atoms with E-state index in [2.05, 4.69) is 43.6 Å². The van der Waals surface area contributed by atoms with Crippen molar-refractivity contribution in [3.05, 3.63) is 35.9 Å². The molecule has 0 saturated carbocycles. The van der Waals surface area contributed by atoms with Crippen LogP contribution in [0.3, 0.4) is 0 Å². The van der Waals surface area contributed by atoms with E-state index in [4.69, 9.17) is 0 Å². The molecule has 0 aromatic heterocycles. The van der Waals surface area contributed by atoms with Crippen LogP contribution in [0.4, 0.5) is 0 Å². The minimum Gasteiger partial charge on any atom is -0.300 e. The summed E-state index contributed by atoms with van der Waals surface area (Å²) in [6, 6.07) is 11.3. The highest BCUT2D eigenvalue weighted by molar-refractivity contribution is 6.76. The standard InChI is InChI=1S/C17H24OSi/c1-15(18)14-17(16-10-6-5-7-11-16)12-8-9-13-19(2,3)4/h5-7,10-11,17H,12-14H2,1-4H3/t17-/m0/s1. The molecule has 1 atom stereocenters. The number of Topliss-reactive ketones (excluding diaryl/α,β-unsaturated/α-hetero) is 1. The van der Waals surface area contributed by atoms with Crippen molar-refractivity contribution in [3.63, 3.8) is 0 Å². The van der Waals surface area contributed by atoms with Gasteiger partial charge in [-0.3, -0.25) is 0 Å². The Hall–Kier alpha value is -1.33. The van der Waals surface area contributed by atoms with Gasteiger partial charge < -0.3 is 4.79 Å². The Morgan fingerprint density at radius 1 is 1.16 bits per heavy atom. The second kappa shape index (κ2) is 7.30. The van der Waals surface area contributed by atoms with Crippen molar-refractivity contribution in [1.82, 2.24) is 0 Å². The first-order chi connectivity index (χ1) is 8.88. The lowest BCUT2D eigenvalue weighted by molar-refractivity contribution is -0.117. The summed E-state index contributed by atoms with van der Waals surface area (Å²) in [4.78, 5) is 11.4. The summed E-state index contributed by atoms with van der Waals surface area (Å²) >= 11 is 0. The van der Waals surface area contributed by atoms with Crippen LogP contribution in [0.25, 0.3) is 0 Å². The van der Waals surface area contributed by atoms with Crippen LogP contribution in [0.1, 0.15) is 31.2 Å². The van der Waals surface area contributed by atoms with Gasteiger partial charge in [-0.05, 0) is 12.5 Å². The van der Waals surface area contributed by atoms with Crippen molar-refractivity contribution in [3.8, 4) is 11.8 Å². The third-order valence-corrected chi connectivity index (χ3v) is 4.13. The monoisotopic (exact) mass is 272 g/mol. The molecule has 0 saturated heterocycles. The zero-order chi connectivity index (χ0) is 14.3. The first-order valence-corrected chi connectivity index (χ1v) is 10.6. The quantitative estimate of drug-likeness (QED) is 0.570. The molecule has 1 nitrogen and oxygen atoms in total. The van der Waals surface area contributed by atoms with Crippen LogP contribution in [0.5, 0.6) is 0 Å². The molecular formula is C17H24OSi. The van der Waals surface area contributed by atoms with Crippen molar-refractivity contribution < 1.29 is 4.79 Å². The molecule has 0 aliphatic rings. The maximum Gasteiger partial charge on any atom is 0.130 e. The number of rotatable bonds is 5. The third-order valence-electron chi connectivity index (χ3n) is 2.90. The molecule has 0 N–H and O–H groups in total. The van der Waals surface area contributed by atoms with Gasteiger partial charge in [0, 0.05) is 24.8 Å². The van der Waals surface area contributed by atoms with E-state index in [0.29, 0.717) is 6.42 Å². The van der Waals surface area contributed by atoms with E-state index in [0.717, 1.165) is 12.5 Å². The Morgan fingerprint density at radius 3 is 2.32 bits per heavy atom. The highest BCUT2D eigenvalue weighted by Gasteiger charge is 2.13. The lowest BCUT2D eigenvalue weighted by atomic mass is 9.91. The molecule has 2 heteroatoms. The molecule has 102 valence electrons. The SMILES string of the molecule is CC(=O)C[C@H](CC#CC[Si](C)(C)C)c1ccccc1. The van der Waals surface area contributed by atoms with Gasteiger partial charge in [0.2, 0.25) is 0 Å². The van der Waals surface area contributed by atoms with Crippen LogP contribution < -0.4 is 0 Å². The third kappa shape index (κ3) is 6.98. The van der Waals surface area contributed by atoms with Gasteiger partial charge in [-0.15, -0.1) is 11.8 Å². The molecule has 1 aromatic rings. The summed E-state index contributed by atoms with van der Waals surface area (Å²) in [6.45, 7) is 8.63. The number of carbonyl (C=O) groups is 1. The fourth-order valence-electron chi connectivity index (χ4n) is 1.90. The first kappa shape index (κ1) is 15.7. The van der Waals surface area contributed by atoms with E-state index in [1.54, 1.807) is 6.92 Å². The molecule has 0 fully saturated rings. The largest absolute Gasteiger partial charge is 0.300 e. The van der Waals surface area contributed by atoms with E-state index in [1.807, 2.05) is 18.2 Å². The molecule has 0 radical (unpaired) electrons. The van der Waals surface area contributed by atoms with Crippen molar-refractivity contribution >= 4 is 13.9 Å². The topological polar surface area (TPSA) is 17.1 Å². The highest BCUT2D eigenvalue weighted by Crippen LogP contribution is 2.23. The molecule has 0 unspecified atom stereocenters. The van der Waals surface area contributed by atoms with E-state index in [9.17, 15) is 4.79 Å². The molecule has 0 bridgehead atoms. The normalized spacial score (nSPS) is 12.4. The van der Waals surface area contributed by atoms with Gasteiger partial charge in [0.25, 0.3) is 0 Å². The Kier molecular flexibility index (Phi) is 6.04. The Bertz CT molecular complexity index is 460. The lowest BCUT2D eigenvalue weighted by Gasteiger charge is -2.13. The summed E-state index contributed by atoms with van der Waals surface area (Å²) in [5, 5.41) is 0. The van der Waals surface area contributed by atoms with Gasteiger partial charge in [0.15, 0.2) is 0 Å².